The maximum absolute atomic E-state index is 5.27. The molecule has 0 saturated heterocycles. The van der Waals surface area contributed by atoms with Crippen molar-refractivity contribution in [3.05, 3.63) is 121 Å². The number of fused-ring (bicyclic) bond motifs is 4. The zero-order valence-corrected chi connectivity index (χ0v) is 25.7. The standard InChI is InChI=1S/C39H36N4/c1-38(2,3)33-22-20-25-19-21-29-30(24-34(39(4,5)6)42-36(29)35(25)41-33)26-13-12-14-27(23-26)37-40-31-17-10-11-18-32(31)43(37)28-15-8-7-9-16-28/h7-24H,1-6H3. The average molecular weight is 561 g/mol. The minimum Gasteiger partial charge on any atom is -0.292 e. The monoisotopic (exact) mass is 560 g/mol. The van der Waals surface area contributed by atoms with Crippen LogP contribution < -0.4 is 0 Å². The number of hydrogen-bond acceptors (Lipinski definition) is 3. The zero-order chi connectivity index (χ0) is 29.9. The Morgan fingerprint density at radius 1 is 0.535 bits per heavy atom. The zero-order valence-electron chi connectivity index (χ0n) is 25.7. The highest BCUT2D eigenvalue weighted by atomic mass is 15.1. The van der Waals surface area contributed by atoms with Crippen molar-refractivity contribution in [2.75, 3.05) is 0 Å². The summed E-state index contributed by atoms with van der Waals surface area (Å²) in [7, 11) is 0. The van der Waals surface area contributed by atoms with E-state index in [1.54, 1.807) is 0 Å². The molecule has 0 bridgehead atoms. The Morgan fingerprint density at radius 2 is 1.21 bits per heavy atom. The molecule has 7 rings (SSSR count). The van der Waals surface area contributed by atoms with Crippen molar-refractivity contribution in [1.82, 2.24) is 19.5 Å². The summed E-state index contributed by atoms with van der Waals surface area (Å²) in [6, 6.07) is 38.5. The fourth-order valence-electron chi connectivity index (χ4n) is 5.80. The molecule has 7 aromatic rings. The summed E-state index contributed by atoms with van der Waals surface area (Å²) in [4.78, 5) is 15.6. The minimum atomic E-state index is -0.133. The van der Waals surface area contributed by atoms with Gasteiger partial charge in [-0.25, -0.2) is 15.0 Å². The van der Waals surface area contributed by atoms with Gasteiger partial charge in [0.25, 0.3) is 0 Å². The molecule has 0 aliphatic carbocycles. The fraction of sp³-hybridized carbons (Fsp3) is 0.205. The smallest absolute Gasteiger partial charge is 0.145 e. The third-order valence-corrected chi connectivity index (χ3v) is 8.18. The molecule has 0 atom stereocenters. The second-order valence-electron chi connectivity index (χ2n) is 13.5. The summed E-state index contributed by atoms with van der Waals surface area (Å²) in [5, 5.41) is 2.21. The van der Waals surface area contributed by atoms with Crippen LogP contribution in [0.2, 0.25) is 0 Å². The van der Waals surface area contributed by atoms with Crippen molar-refractivity contribution in [2.45, 2.75) is 52.4 Å². The number of benzene rings is 4. The van der Waals surface area contributed by atoms with Gasteiger partial charge >= 0.3 is 0 Å². The lowest BCUT2D eigenvalue weighted by Crippen LogP contribution is -2.15. The molecule has 0 aliphatic rings. The summed E-state index contributed by atoms with van der Waals surface area (Å²) < 4.78 is 2.26. The van der Waals surface area contributed by atoms with Crippen LogP contribution in [0.1, 0.15) is 52.9 Å². The number of hydrogen-bond donors (Lipinski definition) is 0. The Bertz CT molecular complexity index is 2140. The van der Waals surface area contributed by atoms with Crippen molar-refractivity contribution < 1.29 is 0 Å². The number of imidazole rings is 1. The molecular formula is C39H36N4. The first-order chi connectivity index (χ1) is 20.6. The first-order valence-corrected chi connectivity index (χ1v) is 15.0. The summed E-state index contributed by atoms with van der Waals surface area (Å²) in [6.07, 6.45) is 0. The molecule has 212 valence electrons. The van der Waals surface area contributed by atoms with Gasteiger partial charge in [-0.3, -0.25) is 4.57 Å². The van der Waals surface area contributed by atoms with Gasteiger partial charge in [-0.05, 0) is 53.6 Å². The Morgan fingerprint density at radius 3 is 1.98 bits per heavy atom. The number of para-hydroxylation sites is 3. The van der Waals surface area contributed by atoms with Crippen molar-refractivity contribution >= 4 is 32.8 Å². The lowest BCUT2D eigenvalue weighted by molar-refractivity contribution is 0.570. The summed E-state index contributed by atoms with van der Waals surface area (Å²) in [5.74, 6) is 0.922. The van der Waals surface area contributed by atoms with Crippen molar-refractivity contribution in [3.63, 3.8) is 0 Å². The Labute approximate surface area is 253 Å². The maximum atomic E-state index is 5.27. The van der Waals surface area contributed by atoms with E-state index in [-0.39, 0.29) is 10.8 Å². The molecular weight excluding hydrogens is 524 g/mol. The van der Waals surface area contributed by atoms with E-state index in [1.807, 2.05) is 12.1 Å². The van der Waals surface area contributed by atoms with Gasteiger partial charge in [0.15, 0.2) is 0 Å². The molecule has 4 aromatic carbocycles. The van der Waals surface area contributed by atoms with Crippen LogP contribution in [0.3, 0.4) is 0 Å². The molecule has 0 radical (unpaired) electrons. The Hall–Kier alpha value is -4.83. The average Bonchev–Trinajstić information content (AvgIpc) is 3.39. The van der Waals surface area contributed by atoms with Crippen LogP contribution >= 0.6 is 0 Å². The predicted molar refractivity (Wildman–Crippen MR) is 180 cm³/mol. The lowest BCUT2D eigenvalue weighted by Gasteiger charge is -2.22. The van der Waals surface area contributed by atoms with E-state index in [1.165, 1.54) is 0 Å². The molecule has 4 heteroatoms. The van der Waals surface area contributed by atoms with Gasteiger partial charge in [0, 0.05) is 44.2 Å². The maximum Gasteiger partial charge on any atom is 0.145 e. The molecule has 0 unspecified atom stereocenters. The summed E-state index contributed by atoms with van der Waals surface area (Å²) in [5.41, 5.74) is 10.3. The van der Waals surface area contributed by atoms with Crippen LogP contribution in [0, 0.1) is 0 Å². The van der Waals surface area contributed by atoms with Gasteiger partial charge in [0.1, 0.15) is 5.82 Å². The van der Waals surface area contributed by atoms with E-state index in [4.69, 9.17) is 15.0 Å². The van der Waals surface area contributed by atoms with Crippen LogP contribution in [-0.2, 0) is 10.8 Å². The van der Waals surface area contributed by atoms with Crippen molar-refractivity contribution in [3.8, 4) is 28.2 Å². The van der Waals surface area contributed by atoms with E-state index in [0.717, 1.165) is 72.4 Å². The number of aromatic nitrogens is 4. The van der Waals surface area contributed by atoms with Crippen LogP contribution in [0.5, 0.6) is 0 Å². The van der Waals surface area contributed by atoms with Gasteiger partial charge < -0.3 is 0 Å². The van der Waals surface area contributed by atoms with E-state index < -0.39 is 0 Å². The van der Waals surface area contributed by atoms with Crippen LogP contribution in [0.15, 0.2) is 109 Å². The number of rotatable bonds is 3. The van der Waals surface area contributed by atoms with Gasteiger partial charge in [-0.2, -0.15) is 0 Å². The summed E-state index contributed by atoms with van der Waals surface area (Å²) >= 11 is 0. The van der Waals surface area contributed by atoms with Crippen LogP contribution in [0.4, 0.5) is 0 Å². The second-order valence-corrected chi connectivity index (χ2v) is 13.5. The number of nitrogens with zero attached hydrogens (tertiary/aromatic N) is 4. The first kappa shape index (κ1) is 27.0. The lowest BCUT2D eigenvalue weighted by atomic mass is 9.87. The third-order valence-electron chi connectivity index (χ3n) is 8.18. The molecule has 4 nitrogen and oxygen atoms in total. The molecule has 0 spiro atoms. The Kier molecular flexibility index (Phi) is 6.21. The highest BCUT2D eigenvalue weighted by Crippen LogP contribution is 2.38. The van der Waals surface area contributed by atoms with E-state index in [0.29, 0.717) is 0 Å². The molecule has 43 heavy (non-hydrogen) atoms. The van der Waals surface area contributed by atoms with E-state index >= 15 is 0 Å². The SMILES string of the molecule is CC(C)(C)c1ccc2ccc3c(-c4cccc(-c5nc6ccccc6n5-c5ccccc5)c4)cc(C(C)(C)C)nc3c2n1. The van der Waals surface area contributed by atoms with Gasteiger partial charge in [-0.15, -0.1) is 0 Å². The van der Waals surface area contributed by atoms with Gasteiger partial charge in [0.2, 0.25) is 0 Å². The molecule has 3 heterocycles. The van der Waals surface area contributed by atoms with Gasteiger partial charge in [0.05, 0.1) is 22.1 Å². The fourth-order valence-corrected chi connectivity index (χ4v) is 5.80. The quantitative estimate of drug-likeness (QED) is 0.202. The van der Waals surface area contributed by atoms with Crippen molar-refractivity contribution in [2.24, 2.45) is 0 Å². The topological polar surface area (TPSA) is 43.6 Å². The summed E-state index contributed by atoms with van der Waals surface area (Å²) in [6.45, 7) is 13.3. The predicted octanol–water partition coefficient (Wildman–Crippen LogP) is 10.1. The molecule has 0 saturated carbocycles. The van der Waals surface area contributed by atoms with Crippen LogP contribution in [-0.4, -0.2) is 19.5 Å². The normalized spacial score (nSPS) is 12.4. The second kappa shape index (κ2) is 9.88. The van der Waals surface area contributed by atoms with E-state index in [2.05, 4.69) is 143 Å². The highest BCUT2D eigenvalue weighted by Gasteiger charge is 2.22. The Balaban J connectivity index is 1.49. The van der Waals surface area contributed by atoms with E-state index in [9.17, 15) is 0 Å². The first-order valence-electron chi connectivity index (χ1n) is 15.0. The largest absolute Gasteiger partial charge is 0.292 e. The van der Waals surface area contributed by atoms with Gasteiger partial charge in [-0.1, -0.05) is 108 Å². The molecule has 0 N–H and O–H groups in total. The third kappa shape index (κ3) is 4.77. The molecule has 0 aliphatic heterocycles. The van der Waals surface area contributed by atoms with Crippen LogP contribution in [0.25, 0.3) is 61.0 Å². The highest BCUT2D eigenvalue weighted by molar-refractivity contribution is 6.08. The van der Waals surface area contributed by atoms with Crippen molar-refractivity contribution in [1.29, 1.82) is 0 Å². The minimum absolute atomic E-state index is 0.0562. The number of pyridine rings is 2. The molecule has 3 aromatic heterocycles. The molecule has 0 fully saturated rings. The molecule has 0 amide bonds.